The van der Waals surface area contributed by atoms with Crippen LogP contribution in [0.5, 0.6) is 0 Å². The number of carbonyl (C=O) groups excluding carboxylic acids is 1. The Bertz CT molecular complexity index is 1300. The minimum Gasteiger partial charge on any atom is -0.744 e. The molecule has 0 fully saturated rings. The number of aromatic amines is 1. The van der Waals surface area contributed by atoms with Crippen LogP contribution in [0.2, 0.25) is 0 Å². The Hall–Kier alpha value is 0.296. The molecule has 1 N–H and O–H groups in total. The average Bonchev–Trinajstić information content (AvgIpc) is 3.07. The van der Waals surface area contributed by atoms with Crippen LogP contribution in [0.15, 0.2) is 73.3 Å². The summed E-state index contributed by atoms with van der Waals surface area (Å²) in [5, 5.41) is 34.2. The first kappa shape index (κ1) is 34.3. The molecule has 2 aromatic carbocycles. The summed E-state index contributed by atoms with van der Waals surface area (Å²) in [6.07, 6.45) is 0. The smallest absolute Gasteiger partial charge is 0.744 e. The Morgan fingerprint density at radius 2 is 1.62 bits per heavy atom. The van der Waals surface area contributed by atoms with Crippen molar-refractivity contribution >= 4 is 39.5 Å². The van der Waals surface area contributed by atoms with E-state index in [1.807, 2.05) is 0 Å². The molecule has 0 saturated heterocycles. The number of hydrogen-bond acceptors (Lipinski definition) is 12. The van der Waals surface area contributed by atoms with Crippen LogP contribution in [0.3, 0.4) is 0 Å². The normalized spacial score (nSPS) is 10.8. The molecule has 0 atom stereocenters. The van der Waals surface area contributed by atoms with E-state index in [0.29, 0.717) is 16.9 Å². The number of azo groups is 1. The summed E-state index contributed by atoms with van der Waals surface area (Å²) in [4.78, 5) is 24.0. The van der Waals surface area contributed by atoms with Gasteiger partial charge in [0.2, 0.25) is 0 Å². The summed E-state index contributed by atoms with van der Waals surface area (Å²) < 4.78 is 38.0. The number of aromatic carboxylic acids is 1. The zero-order valence-corrected chi connectivity index (χ0v) is 26.7. The van der Waals surface area contributed by atoms with Crippen LogP contribution in [0.1, 0.15) is 10.5 Å². The van der Waals surface area contributed by atoms with Crippen LogP contribution >= 0.6 is 12.0 Å². The molecular weight excluding hydrogens is 541 g/mol. The predicted octanol–water partition coefficient (Wildman–Crippen LogP) is -8.91. The fourth-order valence-corrected chi connectivity index (χ4v) is 3.16. The maximum absolute atomic E-state index is 12.6. The van der Waals surface area contributed by atoms with Crippen LogP contribution in [0.25, 0.3) is 5.69 Å². The average molecular weight is 550 g/mol. The molecule has 1 aromatic heterocycles. The minimum absolute atomic E-state index is 0. The minimum atomic E-state index is -4.69. The first-order chi connectivity index (χ1) is 14.7. The van der Waals surface area contributed by atoms with Crippen molar-refractivity contribution < 1.29 is 148 Å². The van der Waals surface area contributed by atoms with Gasteiger partial charge in [-0.2, -0.15) is 9.45 Å². The van der Waals surface area contributed by atoms with Gasteiger partial charge in [-0.15, -0.1) is 5.11 Å². The third kappa shape index (κ3) is 9.00. The quantitative estimate of drug-likeness (QED) is 0.0701. The van der Waals surface area contributed by atoms with Gasteiger partial charge in [0.1, 0.15) is 15.8 Å². The van der Waals surface area contributed by atoms with E-state index in [2.05, 4.69) is 24.7 Å². The molecule has 3 aromatic rings. The van der Waals surface area contributed by atoms with E-state index in [1.165, 1.54) is 24.3 Å². The van der Waals surface area contributed by atoms with Gasteiger partial charge in [-0.05, 0) is 48.5 Å². The van der Waals surface area contributed by atoms with Gasteiger partial charge >= 0.3 is 110 Å². The molecule has 0 spiro atoms. The van der Waals surface area contributed by atoms with Gasteiger partial charge in [0.05, 0.1) is 34.3 Å². The van der Waals surface area contributed by atoms with Gasteiger partial charge in [0.15, 0.2) is 5.69 Å². The first-order valence-corrected chi connectivity index (χ1v) is 10.1. The number of hydrogen-bond donors (Lipinski definition) is 1. The van der Waals surface area contributed by atoms with E-state index in [-0.39, 0.29) is 122 Å². The summed E-state index contributed by atoms with van der Waals surface area (Å²) >= 11 is 0.647. The molecule has 0 aliphatic heterocycles. The van der Waals surface area contributed by atoms with Crippen molar-refractivity contribution in [1.82, 2.24) is 9.78 Å². The molecule has 0 amide bonds. The van der Waals surface area contributed by atoms with Gasteiger partial charge in [-0.3, -0.25) is 14.9 Å². The third-order valence-corrected chi connectivity index (χ3v) is 5.15. The number of aromatic nitrogens is 2. The molecule has 18 heteroatoms. The molecule has 0 aliphatic carbocycles. The molecule has 1 heterocycles. The second-order valence-electron chi connectivity index (χ2n) is 5.62. The number of nitrogens with zero attached hydrogens (tertiary/aromatic N) is 3. The number of carbonyl (C=O) groups is 1. The summed E-state index contributed by atoms with van der Waals surface area (Å²) in [6.45, 7) is 0. The van der Waals surface area contributed by atoms with Gasteiger partial charge in [-0.25, -0.2) is 13.1 Å². The molecular formula is C16H9KN4Na2O9S2. The zero-order chi connectivity index (χ0) is 22.6. The second kappa shape index (κ2) is 15.5. The van der Waals surface area contributed by atoms with Crippen molar-refractivity contribution in [2.75, 3.05) is 0 Å². The number of nitrogens with one attached hydrogen (secondary N) is 1. The van der Waals surface area contributed by atoms with Crippen molar-refractivity contribution in [3.8, 4) is 5.69 Å². The molecule has 0 unspecified atom stereocenters. The Morgan fingerprint density at radius 1 is 1.03 bits per heavy atom. The molecule has 0 bridgehead atoms. The maximum atomic E-state index is 12.6. The summed E-state index contributed by atoms with van der Waals surface area (Å²) in [6, 6.07) is 10.1. The van der Waals surface area contributed by atoms with E-state index in [0.717, 1.165) is 28.9 Å². The van der Waals surface area contributed by atoms with Crippen molar-refractivity contribution in [1.29, 1.82) is 0 Å². The van der Waals surface area contributed by atoms with Crippen LogP contribution < -0.4 is 126 Å². The summed E-state index contributed by atoms with van der Waals surface area (Å²) in [5.74, 6) is -1.73. The zero-order valence-electron chi connectivity index (χ0n) is 18.0. The molecule has 3 rings (SSSR count). The van der Waals surface area contributed by atoms with Crippen molar-refractivity contribution in [3.05, 3.63) is 64.6 Å². The molecule has 0 saturated carbocycles. The van der Waals surface area contributed by atoms with Crippen LogP contribution in [0, 0.1) is 0 Å². The molecule has 34 heavy (non-hydrogen) atoms. The van der Waals surface area contributed by atoms with Crippen molar-refractivity contribution in [2.45, 2.75) is 9.79 Å². The summed E-state index contributed by atoms with van der Waals surface area (Å²) in [5.41, 5.74) is -1.85. The SMILES string of the molecule is O=C([O-])c1[nH]n(-c2ccc(S(=O)(=O)[O-])cc2)c(=O)c1N=Nc1ccc(SOO[O-])cc1.[K+].[Na+].[Na+]. The monoisotopic (exact) mass is 550 g/mol. The standard InChI is InChI=1S/C16H12N4O9S2.K.2Na/c21-15-13(18-17-9-1-5-11(6-2-9)30-29-28-24)14(16(22)23)19-20(15)10-3-7-12(8-4-10)31(25,26)27;;;/h1-8,19,24H,(H,22,23)(H,25,26,27);;;/q;3*+1/p-3. The second-order valence-corrected chi connectivity index (χ2v) is 7.78. The first-order valence-electron chi connectivity index (χ1n) is 7.98. The number of carboxylic acid groups (broad SMARTS) is 1. The van der Waals surface area contributed by atoms with Crippen LogP contribution in [-0.4, -0.2) is 28.7 Å². The largest absolute Gasteiger partial charge is 1.00 e. The molecule has 162 valence electrons. The Kier molecular flexibility index (Phi) is 15.7. The number of benzene rings is 2. The topological polar surface area (TPSA) is 201 Å². The Labute approximate surface area is 283 Å². The number of H-pyrrole nitrogens is 1. The van der Waals surface area contributed by atoms with Crippen molar-refractivity contribution in [2.24, 2.45) is 10.2 Å². The Balaban J connectivity index is 0.00000363. The fourth-order valence-electron chi connectivity index (χ4n) is 2.34. The van der Waals surface area contributed by atoms with Gasteiger partial charge in [-0.1, -0.05) is 0 Å². The van der Waals surface area contributed by atoms with Gasteiger partial charge < -0.3 is 19.7 Å². The molecule has 0 radical (unpaired) electrons. The number of rotatable bonds is 8. The van der Waals surface area contributed by atoms with Gasteiger partial charge in [0.25, 0.3) is 5.56 Å². The van der Waals surface area contributed by atoms with E-state index < -0.39 is 37.9 Å². The fraction of sp³-hybridized carbons (Fsp3) is 0. The molecule has 0 aliphatic rings. The Morgan fingerprint density at radius 3 is 2.12 bits per heavy atom. The van der Waals surface area contributed by atoms with E-state index in [9.17, 15) is 32.9 Å². The van der Waals surface area contributed by atoms with Crippen LogP contribution in [0.4, 0.5) is 11.4 Å². The third-order valence-electron chi connectivity index (χ3n) is 3.71. The van der Waals surface area contributed by atoms with E-state index in [1.54, 1.807) is 0 Å². The predicted molar refractivity (Wildman–Crippen MR) is 97.3 cm³/mol. The molecule has 13 nitrogen and oxygen atoms in total. The van der Waals surface area contributed by atoms with Crippen LogP contribution in [-0.2, 0) is 19.5 Å². The summed E-state index contributed by atoms with van der Waals surface area (Å²) in [7, 11) is -4.69. The number of carboxylic acids is 1. The van der Waals surface area contributed by atoms with Gasteiger partial charge in [0, 0.05) is 4.90 Å². The maximum Gasteiger partial charge on any atom is 1.00 e. The van der Waals surface area contributed by atoms with Crippen molar-refractivity contribution in [3.63, 3.8) is 0 Å². The van der Waals surface area contributed by atoms with E-state index in [4.69, 9.17) is 0 Å². The van der Waals surface area contributed by atoms with E-state index >= 15 is 0 Å².